The van der Waals surface area contributed by atoms with Crippen molar-refractivity contribution in [2.75, 3.05) is 0 Å². The monoisotopic (exact) mass is 210 g/mol. The normalized spacial score (nSPS) is 12.4. The Morgan fingerprint density at radius 2 is 1.56 bits per heavy atom. The van der Waals surface area contributed by atoms with E-state index in [4.69, 9.17) is 0 Å². The van der Waals surface area contributed by atoms with Gasteiger partial charge in [-0.2, -0.15) is 0 Å². The molecule has 0 saturated heterocycles. The molecule has 0 amide bonds. The van der Waals surface area contributed by atoms with E-state index in [0.29, 0.717) is 0 Å². The lowest BCUT2D eigenvalue weighted by atomic mass is 9.95. The molecule has 0 aromatic heterocycles. The zero-order valence-electron chi connectivity index (χ0n) is 10.2. The smallest absolute Gasteiger partial charge is 0.0178 e. The highest BCUT2D eigenvalue weighted by Gasteiger charge is 2.03. The Morgan fingerprint density at radius 1 is 0.875 bits per heavy atom. The second-order valence-electron chi connectivity index (χ2n) is 5.31. The van der Waals surface area contributed by atoms with E-state index in [2.05, 4.69) is 75.4 Å². The van der Waals surface area contributed by atoms with Gasteiger partial charge in [0.2, 0.25) is 0 Å². The zero-order valence-corrected chi connectivity index (χ0v) is 10.2. The molecule has 0 spiro atoms. The summed E-state index contributed by atoms with van der Waals surface area (Å²) < 4.78 is 0. The zero-order chi connectivity index (χ0) is 11.6. The van der Waals surface area contributed by atoms with Gasteiger partial charge in [0, 0.05) is 0 Å². The highest BCUT2D eigenvalue weighted by atomic mass is 14.1. The Hall–Kier alpha value is -1.56. The third-order valence-corrected chi connectivity index (χ3v) is 2.55. The molecule has 2 rings (SSSR count). The van der Waals surface area contributed by atoms with Gasteiger partial charge in [-0.05, 0) is 27.8 Å². The molecule has 0 bridgehead atoms. The van der Waals surface area contributed by atoms with Gasteiger partial charge in [-0.25, -0.2) is 0 Å². The summed E-state index contributed by atoms with van der Waals surface area (Å²) in [6, 6.07) is 15.0. The van der Waals surface area contributed by atoms with Crippen molar-refractivity contribution >= 4 is 16.8 Å². The summed E-state index contributed by atoms with van der Waals surface area (Å²) in [5, 5.41) is 2.61. The van der Waals surface area contributed by atoms with Gasteiger partial charge >= 0.3 is 0 Å². The third kappa shape index (κ3) is 2.73. The van der Waals surface area contributed by atoms with Gasteiger partial charge in [0.25, 0.3) is 0 Å². The van der Waals surface area contributed by atoms with Crippen LogP contribution in [0.5, 0.6) is 0 Å². The van der Waals surface area contributed by atoms with Crippen LogP contribution in [-0.4, -0.2) is 0 Å². The van der Waals surface area contributed by atoms with Crippen LogP contribution < -0.4 is 0 Å². The van der Waals surface area contributed by atoms with Crippen molar-refractivity contribution in [3.63, 3.8) is 0 Å². The molecule has 0 nitrogen and oxygen atoms in total. The van der Waals surface area contributed by atoms with Gasteiger partial charge in [0.1, 0.15) is 0 Å². The molecule has 0 fully saturated rings. The van der Waals surface area contributed by atoms with E-state index in [-0.39, 0.29) is 5.41 Å². The predicted octanol–water partition coefficient (Wildman–Crippen LogP) is 4.90. The van der Waals surface area contributed by atoms with Gasteiger partial charge < -0.3 is 0 Å². The number of allylic oxidation sites excluding steroid dienone is 1. The summed E-state index contributed by atoms with van der Waals surface area (Å²) in [5.41, 5.74) is 1.51. The van der Waals surface area contributed by atoms with Gasteiger partial charge in [-0.1, -0.05) is 69.3 Å². The Kier molecular flexibility index (Phi) is 2.82. The summed E-state index contributed by atoms with van der Waals surface area (Å²) in [5.74, 6) is 0. The minimum atomic E-state index is 0.242. The highest BCUT2D eigenvalue weighted by molar-refractivity contribution is 5.84. The second kappa shape index (κ2) is 4.13. The van der Waals surface area contributed by atoms with Crippen LogP contribution in [-0.2, 0) is 0 Å². The number of rotatable bonds is 1. The SMILES string of the molecule is CC(C)(C)/C=C/c1ccc2ccccc2c1. The standard InChI is InChI=1S/C16H18/c1-16(2,3)11-10-13-8-9-14-6-4-5-7-15(14)12-13/h4-12H,1-3H3/b11-10+. The van der Waals surface area contributed by atoms with Crippen LogP contribution in [0.2, 0.25) is 0 Å². The molecule has 0 aliphatic heterocycles. The topological polar surface area (TPSA) is 0 Å². The fraction of sp³-hybridized carbons (Fsp3) is 0.250. The van der Waals surface area contributed by atoms with Crippen molar-refractivity contribution in [1.82, 2.24) is 0 Å². The van der Waals surface area contributed by atoms with E-state index >= 15 is 0 Å². The molecule has 0 aliphatic carbocycles. The minimum absolute atomic E-state index is 0.242. The van der Waals surface area contributed by atoms with Crippen molar-refractivity contribution in [3.05, 3.63) is 54.1 Å². The molecular formula is C16H18. The first kappa shape index (κ1) is 10.9. The van der Waals surface area contributed by atoms with Gasteiger partial charge in [0.05, 0.1) is 0 Å². The lowest BCUT2D eigenvalue weighted by Gasteiger charge is -2.11. The van der Waals surface area contributed by atoms with Crippen molar-refractivity contribution < 1.29 is 0 Å². The Labute approximate surface area is 97.6 Å². The minimum Gasteiger partial charge on any atom is -0.0785 e. The maximum atomic E-state index is 2.25. The summed E-state index contributed by atoms with van der Waals surface area (Å²) in [4.78, 5) is 0. The van der Waals surface area contributed by atoms with Crippen LogP contribution in [0.4, 0.5) is 0 Å². The van der Waals surface area contributed by atoms with Crippen LogP contribution in [0.1, 0.15) is 26.3 Å². The summed E-state index contributed by atoms with van der Waals surface area (Å²) in [6.07, 6.45) is 4.45. The summed E-state index contributed by atoms with van der Waals surface area (Å²) in [6.45, 7) is 6.64. The molecule has 0 saturated carbocycles. The van der Waals surface area contributed by atoms with Crippen LogP contribution in [0.3, 0.4) is 0 Å². The van der Waals surface area contributed by atoms with E-state index in [9.17, 15) is 0 Å². The summed E-state index contributed by atoms with van der Waals surface area (Å²) in [7, 11) is 0. The van der Waals surface area contributed by atoms with Gasteiger partial charge in [-0.15, -0.1) is 0 Å². The first-order chi connectivity index (χ1) is 7.54. The number of hydrogen-bond donors (Lipinski definition) is 0. The largest absolute Gasteiger partial charge is 0.0785 e. The molecule has 0 atom stereocenters. The lowest BCUT2D eigenvalue weighted by molar-refractivity contribution is 0.547. The molecule has 0 heterocycles. The second-order valence-corrected chi connectivity index (χ2v) is 5.31. The molecule has 82 valence electrons. The molecule has 0 N–H and O–H groups in total. The number of benzene rings is 2. The van der Waals surface area contributed by atoms with Crippen molar-refractivity contribution in [2.24, 2.45) is 5.41 Å². The quantitative estimate of drug-likeness (QED) is 0.628. The molecule has 0 aliphatic rings. The fourth-order valence-corrected chi connectivity index (χ4v) is 1.66. The van der Waals surface area contributed by atoms with Gasteiger partial charge in [0.15, 0.2) is 0 Å². The van der Waals surface area contributed by atoms with Crippen molar-refractivity contribution in [2.45, 2.75) is 20.8 Å². The molecule has 0 radical (unpaired) electrons. The lowest BCUT2D eigenvalue weighted by Crippen LogP contribution is -1.97. The Balaban J connectivity index is 2.37. The maximum absolute atomic E-state index is 2.25. The first-order valence-electron chi connectivity index (χ1n) is 5.73. The molecule has 0 unspecified atom stereocenters. The van der Waals surface area contributed by atoms with E-state index in [1.807, 2.05) is 0 Å². The Bertz CT molecular complexity index is 513. The molecule has 0 heteroatoms. The van der Waals surface area contributed by atoms with Gasteiger partial charge in [-0.3, -0.25) is 0 Å². The molecule has 2 aromatic rings. The van der Waals surface area contributed by atoms with Crippen LogP contribution in [0, 0.1) is 5.41 Å². The maximum Gasteiger partial charge on any atom is -0.0178 e. The van der Waals surface area contributed by atoms with Crippen molar-refractivity contribution in [3.8, 4) is 0 Å². The van der Waals surface area contributed by atoms with Crippen LogP contribution in [0.15, 0.2) is 48.5 Å². The van der Waals surface area contributed by atoms with Crippen LogP contribution >= 0.6 is 0 Å². The molecular weight excluding hydrogens is 192 g/mol. The van der Waals surface area contributed by atoms with Crippen LogP contribution in [0.25, 0.3) is 16.8 Å². The predicted molar refractivity (Wildman–Crippen MR) is 72.4 cm³/mol. The van der Waals surface area contributed by atoms with E-state index in [1.165, 1.54) is 16.3 Å². The van der Waals surface area contributed by atoms with E-state index in [1.54, 1.807) is 0 Å². The van der Waals surface area contributed by atoms with E-state index in [0.717, 1.165) is 0 Å². The Morgan fingerprint density at radius 3 is 2.25 bits per heavy atom. The fourth-order valence-electron chi connectivity index (χ4n) is 1.66. The van der Waals surface area contributed by atoms with Crippen molar-refractivity contribution in [1.29, 1.82) is 0 Å². The number of hydrogen-bond acceptors (Lipinski definition) is 0. The average Bonchev–Trinajstić information content (AvgIpc) is 2.25. The summed E-state index contributed by atoms with van der Waals surface area (Å²) >= 11 is 0. The molecule has 2 aromatic carbocycles. The third-order valence-electron chi connectivity index (χ3n) is 2.55. The van der Waals surface area contributed by atoms with E-state index < -0.39 is 0 Å². The number of fused-ring (bicyclic) bond motifs is 1. The first-order valence-corrected chi connectivity index (χ1v) is 5.73. The average molecular weight is 210 g/mol. The highest BCUT2D eigenvalue weighted by Crippen LogP contribution is 2.20. The molecule has 16 heavy (non-hydrogen) atoms.